The van der Waals surface area contributed by atoms with Crippen LogP contribution < -0.4 is 10.7 Å². The van der Waals surface area contributed by atoms with Crippen LogP contribution in [-0.4, -0.2) is 17.2 Å². The van der Waals surface area contributed by atoms with Gasteiger partial charge in [-0.2, -0.15) is 0 Å². The van der Waals surface area contributed by atoms with Gasteiger partial charge in [-0.1, -0.05) is 24.3 Å². The van der Waals surface area contributed by atoms with Crippen LogP contribution in [0.3, 0.4) is 0 Å². The fourth-order valence-electron chi connectivity index (χ4n) is 2.99. The predicted octanol–water partition coefficient (Wildman–Crippen LogP) is 2.91. The summed E-state index contributed by atoms with van der Waals surface area (Å²) in [4.78, 5) is 12.6. The number of para-hydroxylation sites is 2. The van der Waals surface area contributed by atoms with Crippen molar-refractivity contribution in [2.75, 3.05) is 6.54 Å². The highest BCUT2D eigenvalue weighted by atomic mass is 16.1. The van der Waals surface area contributed by atoms with Crippen molar-refractivity contribution in [2.45, 2.75) is 25.4 Å². The van der Waals surface area contributed by atoms with E-state index in [1.807, 2.05) is 48.5 Å². The lowest BCUT2D eigenvalue weighted by Crippen LogP contribution is -2.23. The second-order valence-electron chi connectivity index (χ2n) is 5.74. The summed E-state index contributed by atoms with van der Waals surface area (Å²) in [5.74, 6) is 0. The third-order valence-electron chi connectivity index (χ3n) is 4.22. The predicted molar refractivity (Wildman–Crippen MR) is 86.7 cm³/mol. The molecule has 0 atom stereocenters. The van der Waals surface area contributed by atoms with Crippen LogP contribution in [0.1, 0.15) is 12.8 Å². The minimum absolute atomic E-state index is 0.132. The van der Waals surface area contributed by atoms with E-state index in [2.05, 4.69) is 9.88 Å². The number of aromatic nitrogens is 1. The highest BCUT2D eigenvalue weighted by Gasteiger charge is 2.20. The Hall–Kier alpha value is -2.13. The zero-order valence-corrected chi connectivity index (χ0v) is 11.9. The van der Waals surface area contributed by atoms with Crippen LogP contribution in [0.4, 0.5) is 0 Å². The summed E-state index contributed by atoms with van der Waals surface area (Å²) in [6.07, 6.45) is 2.59. The van der Waals surface area contributed by atoms with Gasteiger partial charge in [0.05, 0.1) is 11.0 Å². The molecule has 3 heteroatoms. The van der Waals surface area contributed by atoms with Crippen LogP contribution in [0.5, 0.6) is 0 Å². The number of rotatable bonds is 4. The Labute approximate surface area is 123 Å². The molecule has 3 nitrogen and oxygen atoms in total. The van der Waals surface area contributed by atoms with E-state index >= 15 is 0 Å². The Morgan fingerprint density at radius 3 is 2.10 bits per heavy atom. The van der Waals surface area contributed by atoms with Crippen LogP contribution in [-0.2, 0) is 6.54 Å². The van der Waals surface area contributed by atoms with Crippen molar-refractivity contribution in [1.82, 2.24) is 9.88 Å². The average molecular weight is 278 g/mol. The average Bonchev–Trinajstić information content (AvgIpc) is 3.35. The van der Waals surface area contributed by atoms with E-state index in [1.165, 1.54) is 12.8 Å². The standard InChI is InChI=1S/C18H18N2O/c21-18-14-5-1-3-7-16(14)20(12-11-19-13-9-10-13)17-8-4-2-6-15(17)18/h1-8,13,19H,9-12H2. The van der Waals surface area contributed by atoms with Crippen molar-refractivity contribution in [3.05, 3.63) is 58.8 Å². The molecule has 0 radical (unpaired) electrons. The van der Waals surface area contributed by atoms with Gasteiger partial charge in [-0.3, -0.25) is 4.79 Å². The third kappa shape index (κ3) is 2.24. The molecule has 0 amide bonds. The molecule has 0 saturated heterocycles. The molecule has 0 aliphatic heterocycles. The molecule has 21 heavy (non-hydrogen) atoms. The molecule has 0 spiro atoms. The molecular weight excluding hydrogens is 260 g/mol. The van der Waals surface area contributed by atoms with Gasteiger partial charge in [-0.25, -0.2) is 0 Å². The van der Waals surface area contributed by atoms with E-state index in [4.69, 9.17) is 0 Å². The number of nitrogens with zero attached hydrogens (tertiary/aromatic N) is 1. The van der Waals surface area contributed by atoms with Crippen LogP contribution in [0.25, 0.3) is 21.8 Å². The molecule has 0 bridgehead atoms. The topological polar surface area (TPSA) is 34.0 Å². The molecule has 1 N–H and O–H groups in total. The number of hydrogen-bond donors (Lipinski definition) is 1. The van der Waals surface area contributed by atoms with Crippen molar-refractivity contribution >= 4 is 21.8 Å². The maximum Gasteiger partial charge on any atom is 0.197 e. The molecule has 0 unspecified atom stereocenters. The van der Waals surface area contributed by atoms with E-state index in [9.17, 15) is 4.79 Å². The van der Waals surface area contributed by atoms with E-state index < -0.39 is 0 Å². The summed E-state index contributed by atoms with van der Waals surface area (Å²) < 4.78 is 2.27. The highest BCUT2D eigenvalue weighted by molar-refractivity contribution is 5.93. The Morgan fingerprint density at radius 2 is 1.52 bits per heavy atom. The van der Waals surface area contributed by atoms with E-state index in [-0.39, 0.29) is 5.43 Å². The molecule has 2 aromatic carbocycles. The van der Waals surface area contributed by atoms with Gasteiger partial charge in [0.25, 0.3) is 0 Å². The highest BCUT2D eigenvalue weighted by Crippen LogP contribution is 2.20. The first-order valence-electron chi connectivity index (χ1n) is 7.58. The first kappa shape index (κ1) is 12.6. The zero-order valence-electron chi connectivity index (χ0n) is 11.9. The minimum Gasteiger partial charge on any atom is -0.339 e. The quantitative estimate of drug-likeness (QED) is 0.745. The SMILES string of the molecule is O=c1c2ccccc2n(CCNC2CC2)c2ccccc12. The molecule has 106 valence electrons. The largest absolute Gasteiger partial charge is 0.339 e. The zero-order chi connectivity index (χ0) is 14.2. The lowest BCUT2D eigenvalue weighted by atomic mass is 10.1. The summed E-state index contributed by atoms with van der Waals surface area (Å²) >= 11 is 0. The van der Waals surface area contributed by atoms with Crippen molar-refractivity contribution in [3.63, 3.8) is 0 Å². The van der Waals surface area contributed by atoms with Gasteiger partial charge >= 0.3 is 0 Å². The van der Waals surface area contributed by atoms with Gasteiger partial charge in [-0.15, -0.1) is 0 Å². The molecule has 1 saturated carbocycles. The molecule has 1 aliphatic carbocycles. The van der Waals surface area contributed by atoms with Crippen molar-refractivity contribution < 1.29 is 0 Å². The molecule has 3 aromatic rings. The Balaban J connectivity index is 1.90. The Morgan fingerprint density at radius 1 is 0.952 bits per heavy atom. The monoisotopic (exact) mass is 278 g/mol. The lowest BCUT2D eigenvalue weighted by molar-refractivity contribution is 0.614. The van der Waals surface area contributed by atoms with Gasteiger partial charge < -0.3 is 9.88 Å². The second kappa shape index (κ2) is 5.01. The van der Waals surface area contributed by atoms with Crippen molar-refractivity contribution in [3.8, 4) is 0 Å². The number of nitrogens with one attached hydrogen (secondary N) is 1. The number of fused-ring (bicyclic) bond motifs is 2. The van der Waals surface area contributed by atoms with Gasteiger partial charge in [0.15, 0.2) is 5.43 Å². The maximum absolute atomic E-state index is 12.6. The fourth-order valence-corrected chi connectivity index (χ4v) is 2.99. The molecule has 4 rings (SSSR count). The van der Waals surface area contributed by atoms with Gasteiger partial charge in [-0.05, 0) is 37.1 Å². The molecule has 1 fully saturated rings. The van der Waals surface area contributed by atoms with E-state index in [0.717, 1.165) is 34.9 Å². The fraction of sp³-hybridized carbons (Fsp3) is 0.278. The first-order chi connectivity index (χ1) is 10.3. The first-order valence-corrected chi connectivity index (χ1v) is 7.58. The summed E-state index contributed by atoms with van der Waals surface area (Å²) in [6.45, 7) is 1.83. The smallest absolute Gasteiger partial charge is 0.197 e. The lowest BCUT2D eigenvalue weighted by Gasteiger charge is -2.15. The summed E-state index contributed by atoms with van der Waals surface area (Å²) in [5, 5.41) is 5.17. The number of pyridine rings is 1. The van der Waals surface area contributed by atoms with Gasteiger partial charge in [0.2, 0.25) is 0 Å². The van der Waals surface area contributed by atoms with Crippen molar-refractivity contribution in [1.29, 1.82) is 0 Å². The Kier molecular flexibility index (Phi) is 3.00. The normalized spacial score (nSPS) is 14.9. The minimum atomic E-state index is 0.132. The number of hydrogen-bond acceptors (Lipinski definition) is 2. The summed E-state index contributed by atoms with van der Waals surface area (Å²) in [5.41, 5.74) is 2.19. The van der Waals surface area contributed by atoms with E-state index in [0.29, 0.717) is 6.04 Å². The second-order valence-corrected chi connectivity index (χ2v) is 5.74. The van der Waals surface area contributed by atoms with Crippen LogP contribution in [0.2, 0.25) is 0 Å². The van der Waals surface area contributed by atoms with Crippen LogP contribution >= 0.6 is 0 Å². The Bertz CT molecular complexity index is 802. The maximum atomic E-state index is 12.6. The van der Waals surface area contributed by atoms with Gasteiger partial charge in [0, 0.05) is 29.9 Å². The molecular formula is C18H18N2O. The van der Waals surface area contributed by atoms with Gasteiger partial charge in [0.1, 0.15) is 0 Å². The summed E-state index contributed by atoms with van der Waals surface area (Å²) in [7, 11) is 0. The summed E-state index contributed by atoms with van der Waals surface area (Å²) in [6, 6.07) is 16.5. The van der Waals surface area contributed by atoms with Crippen LogP contribution in [0, 0.1) is 0 Å². The third-order valence-corrected chi connectivity index (χ3v) is 4.22. The molecule has 1 aromatic heterocycles. The van der Waals surface area contributed by atoms with E-state index in [1.54, 1.807) is 0 Å². The van der Waals surface area contributed by atoms with Crippen LogP contribution in [0.15, 0.2) is 53.3 Å². The molecule has 1 aliphatic rings. The number of benzene rings is 2. The molecule has 1 heterocycles. The van der Waals surface area contributed by atoms with Crippen molar-refractivity contribution in [2.24, 2.45) is 0 Å².